The fourth-order valence-corrected chi connectivity index (χ4v) is 2.43. The fraction of sp³-hybridized carbons (Fsp3) is 0.100. The molecular weight excluding hydrogens is 330 g/mol. The molecule has 6 heteroatoms. The summed E-state index contributed by atoms with van der Waals surface area (Å²) < 4.78 is 12.6. The Morgan fingerprint density at radius 1 is 1.23 bits per heavy atom. The lowest BCUT2D eigenvalue weighted by molar-refractivity contribution is -0.118. The van der Waals surface area contributed by atoms with Crippen molar-refractivity contribution in [1.29, 1.82) is 0 Å². The van der Waals surface area contributed by atoms with Gasteiger partial charge in [-0.15, -0.1) is 0 Å². The third-order valence-corrected chi connectivity index (χ3v) is 3.73. The van der Waals surface area contributed by atoms with E-state index >= 15 is 0 Å². The van der Waals surface area contributed by atoms with Crippen molar-refractivity contribution in [3.63, 3.8) is 0 Å². The molecule has 0 aliphatic rings. The summed E-state index contributed by atoms with van der Waals surface area (Å²) in [6.45, 7) is 3.95. The number of nitrogens with one attached hydrogen (secondary N) is 1. The average molecular weight is 349 g/mol. The van der Waals surface area contributed by atoms with Crippen molar-refractivity contribution in [3.05, 3.63) is 79.4 Å². The molecule has 0 unspecified atom stereocenters. The monoisotopic (exact) mass is 349 g/mol. The first-order chi connectivity index (χ1) is 12.7. The van der Waals surface area contributed by atoms with Gasteiger partial charge in [-0.2, -0.15) is 0 Å². The van der Waals surface area contributed by atoms with E-state index in [9.17, 15) is 4.79 Å². The molecule has 0 atom stereocenters. The Bertz CT molecular complexity index is 904. The van der Waals surface area contributed by atoms with Gasteiger partial charge >= 0.3 is 0 Å². The van der Waals surface area contributed by atoms with Crippen molar-refractivity contribution in [2.45, 2.75) is 0 Å². The molecule has 3 aromatic rings. The lowest BCUT2D eigenvalue weighted by atomic mass is 10.1. The van der Waals surface area contributed by atoms with Crippen molar-refractivity contribution >= 4 is 17.3 Å². The van der Waals surface area contributed by atoms with Gasteiger partial charge in [-0.1, -0.05) is 24.8 Å². The van der Waals surface area contributed by atoms with E-state index in [1.165, 1.54) is 0 Å². The normalized spacial score (nSPS) is 10.2. The van der Waals surface area contributed by atoms with Gasteiger partial charge in [0, 0.05) is 29.7 Å². The highest BCUT2D eigenvalue weighted by Crippen LogP contribution is 2.26. The predicted octanol–water partition coefficient (Wildman–Crippen LogP) is 3.43. The minimum absolute atomic E-state index is 0.120. The summed E-state index contributed by atoms with van der Waals surface area (Å²) >= 11 is 0. The van der Waals surface area contributed by atoms with Gasteiger partial charge in [0.1, 0.15) is 11.5 Å². The Labute approximate surface area is 151 Å². The van der Waals surface area contributed by atoms with Crippen molar-refractivity contribution < 1.29 is 14.3 Å². The summed E-state index contributed by atoms with van der Waals surface area (Å²) in [5, 5.41) is 2.78. The molecule has 6 nitrogen and oxygen atoms in total. The largest absolute Gasteiger partial charge is 0.497 e. The summed E-state index contributed by atoms with van der Waals surface area (Å²) in [7, 11) is 1.58. The molecule has 1 amide bonds. The summed E-state index contributed by atoms with van der Waals surface area (Å²) in [6, 6.07) is 14.6. The Kier molecular flexibility index (Phi) is 5.34. The Balaban J connectivity index is 1.66. The van der Waals surface area contributed by atoms with E-state index in [2.05, 4.69) is 16.9 Å². The molecule has 0 bridgehead atoms. The number of benzene rings is 2. The van der Waals surface area contributed by atoms with E-state index in [4.69, 9.17) is 9.47 Å². The van der Waals surface area contributed by atoms with Gasteiger partial charge in [-0.3, -0.25) is 4.79 Å². The molecule has 0 saturated heterocycles. The van der Waals surface area contributed by atoms with Crippen LogP contribution in [0, 0.1) is 0 Å². The van der Waals surface area contributed by atoms with Crippen molar-refractivity contribution in [2.75, 3.05) is 19.0 Å². The molecule has 0 saturated carbocycles. The molecule has 0 radical (unpaired) electrons. The quantitative estimate of drug-likeness (QED) is 0.710. The van der Waals surface area contributed by atoms with Crippen LogP contribution in [0.4, 0.5) is 5.69 Å². The predicted molar refractivity (Wildman–Crippen MR) is 100 cm³/mol. The number of carbonyl (C=O) groups excluding carboxylic acids is 1. The van der Waals surface area contributed by atoms with Crippen LogP contribution in [-0.2, 0) is 4.79 Å². The van der Waals surface area contributed by atoms with E-state index in [0.717, 1.165) is 5.56 Å². The minimum atomic E-state index is -0.263. The van der Waals surface area contributed by atoms with Crippen molar-refractivity contribution in [1.82, 2.24) is 9.55 Å². The lowest BCUT2D eigenvalue weighted by Gasteiger charge is -2.14. The van der Waals surface area contributed by atoms with Crippen LogP contribution in [0.5, 0.6) is 11.5 Å². The van der Waals surface area contributed by atoms with Gasteiger partial charge in [-0.25, -0.2) is 4.98 Å². The third-order valence-electron chi connectivity index (χ3n) is 3.73. The first kappa shape index (κ1) is 17.3. The molecule has 132 valence electrons. The van der Waals surface area contributed by atoms with Gasteiger partial charge < -0.3 is 19.4 Å². The van der Waals surface area contributed by atoms with Crippen LogP contribution in [0.2, 0.25) is 0 Å². The van der Waals surface area contributed by atoms with E-state index < -0.39 is 0 Å². The second-order valence-corrected chi connectivity index (χ2v) is 5.48. The van der Waals surface area contributed by atoms with Gasteiger partial charge in [0.05, 0.1) is 19.1 Å². The SMILES string of the molecule is C=C(c1ccccc1OCC(=O)Nc1cccc(OC)c1)n1ccnc1. The highest BCUT2D eigenvalue weighted by molar-refractivity contribution is 5.92. The van der Waals surface area contributed by atoms with Gasteiger partial charge in [0.15, 0.2) is 6.61 Å². The number of anilines is 1. The highest BCUT2D eigenvalue weighted by atomic mass is 16.5. The molecular formula is C20H19N3O3. The molecule has 1 heterocycles. The van der Waals surface area contributed by atoms with Crippen LogP contribution in [0.25, 0.3) is 5.70 Å². The highest BCUT2D eigenvalue weighted by Gasteiger charge is 2.10. The number of para-hydroxylation sites is 1. The maximum Gasteiger partial charge on any atom is 0.262 e. The molecule has 3 rings (SSSR count). The van der Waals surface area contributed by atoms with E-state index in [1.807, 2.05) is 24.3 Å². The number of rotatable bonds is 7. The standard InChI is InChI=1S/C20H19N3O3/c1-15(23-11-10-21-14-23)18-8-3-4-9-19(18)26-13-20(24)22-16-6-5-7-17(12-16)25-2/h3-12,14H,1,13H2,2H3,(H,22,24). The molecule has 1 N–H and O–H groups in total. The van der Waals surface area contributed by atoms with Crippen LogP contribution in [0.15, 0.2) is 73.8 Å². The molecule has 2 aromatic carbocycles. The third kappa shape index (κ3) is 4.10. The maximum absolute atomic E-state index is 12.2. The second-order valence-electron chi connectivity index (χ2n) is 5.48. The molecule has 26 heavy (non-hydrogen) atoms. The number of methoxy groups -OCH3 is 1. The first-order valence-electron chi connectivity index (χ1n) is 8.00. The Morgan fingerprint density at radius 3 is 2.85 bits per heavy atom. The molecule has 1 aromatic heterocycles. The van der Waals surface area contributed by atoms with Gasteiger partial charge in [-0.05, 0) is 24.3 Å². The smallest absolute Gasteiger partial charge is 0.262 e. The summed E-state index contributed by atoms with van der Waals surface area (Å²) in [5.74, 6) is 0.985. The maximum atomic E-state index is 12.2. The Hall–Kier alpha value is -3.54. The second kappa shape index (κ2) is 8.02. The zero-order valence-electron chi connectivity index (χ0n) is 14.4. The number of ether oxygens (including phenoxy) is 2. The van der Waals surface area contributed by atoms with E-state index in [-0.39, 0.29) is 12.5 Å². The Morgan fingerprint density at radius 2 is 2.08 bits per heavy atom. The summed E-state index contributed by atoms with van der Waals surface area (Å²) in [6.07, 6.45) is 5.14. The topological polar surface area (TPSA) is 65.4 Å². The number of nitrogens with zero attached hydrogens (tertiary/aromatic N) is 2. The minimum Gasteiger partial charge on any atom is -0.497 e. The van der Waals surface area contributed by atoms with Crippen LogP contribution in [-0.4, -0.2) is 29.2 Å². The number of aromatic nitrogens is 2. The zero-order chi connectivity index (χ0) is 18.4. The zero-order valence-corrected chi connectivity index (χ0v) is 14.4. The summed E-state index contributed by atoms with van der Waals surface area (Å²) in [4.78, 5) is 16.2. The number of hydrogen-bond acceptors (Lipinski definition) is 4. The molecule has 0 spiro atoms. The van der Waals surface area contributed by atoms with Crippen molar-refractivity contribution in [2.24, 2.45) is 0 Å². The van der Waals surface area contributed by atoms with Crippen molar-refractivity contribution in [3.8, 4) is 11.5 Å². The van der Waals surface area contributed by atoms with Crippen LogP contribution < -0.4 is 14.8 Å². The van der Waals surface area contributed by atoms with Gasteiger partial charge in [0.25, 0.3) is 5.91 Å². The average Bonchev–Trinajstić information content (AvgIpc) is 3.21. The van der Waals surface area contributed by atoms with E-state index in [1.54, 1.807) is 54.7 Å². The number of imidazole rings is 1. The molecule has 0 aliphatic carbocycles. The number of amides is 1. The van der Waals surface area contributed by atoms with Crippen LogP contribution in [0.3, 0.4) is 0 Å². The number of hydrogen-bond donors (Lipinski definition) is 1. The van der Waals surface area contributed by atoms with Gasteiger partial charge in [0.2, 0.25) is 0 Å². The lowest BCUT2D eigenvalue weighted by Crippen LogP contribution is -2.20. The molecule has 0 aliphatic heterocycles. The number of carbonyl (C=O) groups is 1. The van der Waals surface area contributed by atoms with Crippen LogP contribution >= 0.6 is 0 Å². The summed E-state index contributed by atoms with van der Waals surface area (Å²) in [5.41, 5.74) is 2.15. The first-order valence-corrected chi connectivity index (χ1v) is 8.00. The molecule has 0 fully saturated rings. The van der Waals surface area contributed by atoms with E-state index in [0.29, 0.717) is 22.9 Å². The fourth-order valence-electron chi connectivity index (χ4n) is 2.43. The van der Waals surface area contributed by atoms with Crippen LogP contribution in [0.1, 0.15) is 5.56 Å².